The fraction of sp³-hybridized carbons (Fsp3) is 0.800. The Morgan fingerprint density at radius 1 is 1.47 bits per heavy atom. The van der Waals surface area contributed by atoms with E-state index in [1.165, 1.54) is 0 Å². The molecule has 1 aliphatic carbocycles. The standard InChI is InChI=1S/C10H19O4P/c1-3-13-15(12,14-4-2)10(11)9-7-5-6-8-9/h7,10-11H,3-6,8H2,1-2H3. The summed E-state index contributed by atoms with van der Waals surface area (Å²) in [5.74, 6) is -1.08. The molecule has 0 aromatic heterocycles. The zero-order chi connectivity index (χ0) is 11.3. The third kappa shape index (κ3) is 3.15. The van der Waals surface area contributed by atoms with Gasteiger partial charge in [0.2, 0.25) is 0 Å². The van der Waals surface area contributed by atoms with Crippen molar-refractivity contribution in [3.63, 3.8) is 0 Å². The van der Waals surface area contributed by atoms with Gasteiger partial charge in [0.05, 0.1) is 13.2 Å². The molecule has 0 radical (unpaired) electrons. The van der Waals surface area contributed by atoms with Crippen LogP contribution in [0.3, 0.4) is 0 Å². The van der Waals surface area contributed by atoms with Gasteiger partial charge in [-0.25, -0.2) is 0 Å². The predicted molar refractivity (Wildman–Crippen MR) is 58.8 cm³/mol. The second-order valence-electron chi connectivity index (χ2n) is 3.42. The van der Waals surface area contributed by atoms with Gasteiger partial charge in [0, 0.05) is 0 Å². The molecule has 4 nitrogen and oxygen atoms in total. The van der Waals surface area contributed by atoms with Crippen LogP contribution in [0, 0.1) is 0 Å². The minimum Gasteiger partial charge on any atom is -0.376 e. The number of aliphatic hydroxyl groups is 1. The van der Waals surface area contributed by atoms with Crippen molar-refractivity contribution in [2.24, 2.45) is 0 Å². The fourth-order valence-corrected chi connectivity index (χ4v) is 3.39. The lowest BCUT2D eigenvalue weighted by Gasteiger charge is -2.23. The topological polar surface area (TPSA) is 55.8 Å². The average Bonchev–Trinajstić information content (AvgIpc) is 2.70. The molecule has 0 spiro atoms. The smallest absolute Gasteiger partial charge is 0.363 e. The van der Waals surface area contributed by atoms with Crippen LogP contribution < -0.4 is 0 Å². The van der Waals surface area contributed by atoms with Gasteiger partial charge in [-0.3, -0.25) is 4.57 Å². The summed E-state index contributed by atoms with van der Waals surface area (Å²) in [5, 5.41) is 9.95. The van der Waals surface area contributed by atoms with Gasteiger partial charge in [0.25, 0.3) is 0 Å². The van der Waals surface area contributed by atoms with Crippen molar-refractivity contribution < 1.29 is 18.7 Å². The molecule has 1 atom stereocenters. The minimum absolute atomic E-state index is 0.279. The first-order valence-electron chi connectivity index (χ1n) is 5.39. The number of hydrogen-bond acceptors (Lipinski definition) is 4. The summed E-state index contributed by atoms with van der Waals surface area (Å²) < 4.78 is 22.3. The molecule has 0 heterocycles. The third-order valence-electron chi connectivity index (χ3n) is 2.33. The zero-order valence-electron chi connectivity index (χ0n) is 9.31. The molecular formula is C10H19O4P. The molecule has 0 saturated heterocycles. The van der Waals surface area contributed by atoms with Crippen molar-refractivity contribution >= 4 is 7.60 Å². The van der Waals surface area contributed by atoms with E-state index < -0.39 is 13.4 Å². The Labute approximate surface area is 90.8 Å². The highest BCUT2D eigenvalue weighted by atomic mass is 31.2. The third-order valence-corrected chi connectivity index (χ3v) is 4.49. The molecule has 5 heteroatoms. The molecule has 0 fully saturated rings. The number of hydrogen-bond donors (Lipinski definition) is 1. The first-order chi connectivity index (χ1) is 7.14. The maximum atomic E-state index is 12.2. The van der Waals surface area contributed by atoms with Crippen LogP contribution in [0.25, 0.3) is 0 Å². The van der Waals surface area contributed by atoms with E-state index in [1.807, 2.05) is 6.08 Å². The van der Waals surface area contributed by atoms with Crippen LogP contribution in [0.4, 0.5) is 0 Å². The Hall–Kier alpha value is -0.150. The Morgan fingerprint density at radius 2 is 2.07 bits per heavy atom. The van der Waals surface area contributed by atoms with Crippen molar-refractivity contribution in [3.05, 3.63) is 11.6 Å². The van der Waals surface area contributed by atoms with Gasteiger partial charge in [-0.15, -0.1) is 0 Å². The average molecular weight is 234 g/mol. The van der Waals surface area contributed by atoms with Crippen molar-refractivity contribution in [2.45, 2.75) is 39.0 Å². The lowest BCUT2D eigenvalue weighted by atomic mass is 10.2. The summed E-state index contributed by atoms with van der Waals surface area (Å²) in [6.07, 6.45) is 4.65. The van der Waals surface area contributed by atoms with E-state index in [4.69, 9.17) is 9.05 Å². The summed E-state index contributed by atoms with van der Waals surface area (Å²) in [6, 6.07) is 0. The fourth-order valence-electron chi connectivity index (χ4n) is 1.67. The highest BCUT2D eigenvalue weighted by molar-refractivity contribution is 7.54. The second-order valence-corrected chi connectivity index (χ2v) is 5.51. The molecular weight excluding hydrogens is 215 g/mol. The van der Waals surface area contributed by atoms with Crippen molar-refractivity contribution in [3.8, 4) is 0 Å². The summed E-state index contributed by atoms with van der Waals surface area (Å²) in [5.41, 5.74) is 0.792. The van der Waals surface area contributed by atoms with Crippen molar-refractivity contribution in [1.29, 1.82) is 0 Å². The van der Waals surface area contributed by atoms with Crippen LogP contribution in [0.5, 0.6) is 0 Å². The minimum atomic E-state index is -3.37. The maximum Gasteiger partial charge on any atom is 0.363 e. The van der Waals surface area contributed by atoms with E-state index in [0.717, 1.165) is 24.8 Å². The molecule has 1 unspecified atom stereocenters. The van der Waals surface area contributed by atoms with Gasteiger partial charge in [-0.2, -0.15) is 0 Å². The first kappa shape index (κ1) is 12.9. The largest absolute Gasteiger partial charge is 0.376 e. The second kappa shape index (κ2) is 5.80. The molecule has 15 heavy (non-hydrogen) atoms. The van der Waals surface area contributed by atoms with Gasteiger partial charge >= 0.3 is 7.60 Å². The summed E-state index contributed by atoms with van der Waals surface area (Å²) in [7, 11) is -3.37. The van der Waals surface area contributed by atoms with E-state index in [9.17, 15) is 9.67 Å². The molecule has 0 amide bonds. The molecule has 0 saturated carbocycles. The summed E-state index contributed by atoms with van der Waals surface area (Å²) in [6.45, 7) is 4.03. The van der Waals surface area contributed by atoms with E-state index >= 15 is 0 Å². The van der Waals surface area contributed by atoms with Gasteiger partial charge in [-0.1, -0.05) is 6.08 Å². The monoisotopic (exact) mass is 234 g/mol. The van der Waals surface area contributed by atoms with Crippen LogP contribution in [0.15, 0.2) is 11.6 Å². The summed E-state index contributed by atoms with van der Waals surface area (Å²) >= 11 is 0. The number of aliphatic hydroxyl groups excluding tert-OH is 1. The lowest BCUT2D eigenvalue weighted by Crippen LogP contribution is -2.14. The molecule has 88 valence electrons. The highest BCUT2D eigenvalue weighted by Crippen LogP contribution is 2.55. The zero-order valence-corrected chi connectivity index (χ0v) is 10.2. The van der Waals surface area contributed by atoms with E-state index in [2.05, 4.69) is 0 Å². The first-order valence-corrected chi connectivity index (χ1v) is 7.01. The van der Waals surface area contributed by atoms with Gasteiger partial charge in [0.1, 0.15) is 0 Å². The van der Waals surface area contributed by atoms with Crippen molar-refractivity contribution in [2.75, 3.05) is 13.2 Å². The molecule has 0 aromatic carbocycles. The van der Waals surface area contributed by atoms with Crippen LogP contribution in [-0.2, 0) is 13.6 Å². The highest BCUT2D eigenvalue weighted by Gasteiger charge is 2.36. The quantitative estimate of drug-likeness (QED) is 0.567. The van der Waals surface area contributed by atoms with Gasteiger partial charge in [0.15, 0.2) is 5.85 Å². The molecule has 1 aliphatic rings. The Balaban J connectivity index is 2.74. The van der Waals surface area contributed by atoms with Gasteiger partial charge < -0.3 is 14.2 Å². The van der Waals surface area contributed by atoms with Crippen LogP contribution in [0.1, 0.15) is 33.1 Å². The normalized spacial score (nSPS) is 19.0. The van der Waals surface area contributed by atoms with Gasteiger partial charge in [-0.05, 0) is 38.7 Å². The molecule has 1 rings (SSSR count). The van der Waals surface area contributed by atoms with E-state index in [-0.39, 0.29) is 13.2 Å². The Morgan fingerprint density at radius 3 is 2.47 bits per heavy atom. The summed E-state index contributed by atoms with van der Waals surface area (Å²) in [4.78, 5) is 0. The lowest BCUT2D eigenvalue weighted by molar-refractivity contribution is 0.163. The molecule has 0 bridgehead atoms. The molecule has 0 aliphatic heterocycles. The number of rotatable bonds is 6. The number of allylic oxidation sites excluding steroid dienone is 1. The van der Waals surface area contributed by atoms with Crippen LogP contribution in [0.2, 0.25) is 0 Å². The van der Waals surface area contributed by atoms with Crippen LogP contribution >= 0.6 is 7.60 Å². The van der Waals surface area contributed by atoms with E-state index in [0.29, 0.717) is 0 Å². The SMILES string of the molecule is CCOP(=O)(OCC)C(O)C1=CCCC1. The predicted octanol–water partition coefficient (Wildman–Crippen LogP) is 2.68. The van der Waals surface area contributed by atoms with E-state index in [1.54, 1.807) is 13.8 Å². The molecule has 0 aromatic rings. The maximum absolute atomic E-state index is 12.2. The Bertz CT molecular complexity index is 265. The van der Waals surface area contributed by atoms with Crippen molar-refractivity contribution in [1.82, 2.24) is 0 Å². The Kier molecular flexibility index (Phi) is 5.00. The van der Waals surface area contributed by atoms with Crippen LogP contribution in [-0.4, -0.2) is 24.2 Å². The molecule has 1 N–H and O–H groups in total.